The quantitative estimate of drug-likeness (QED) is 0.336. The van der Waals surface area contributed by atoms with Crippen LogP contribution in [0.15, 0.2) is 77.9 Å². The highest BCUT2D eigenvalue weighted by Gasteiger charge is 2.21. The van der Waals surface area contributed by atoms with Crippen LogP contribution in [0.1, 0.15) is 11.1 Å². The van der Waals surface area contributed by atoms with E-state index in [0.29, 0.717) is 28.8 Å². The van der Waals surface area contributed by atoms with Crippen LogP contribution in [-0.2, 0) is 21.4 Å². The number of halogens is 1. The Balaban J connectivity index is 1.55. The molecule has 0 unspecified atom stereocenters. The SMILES string of the molecule is COc1cccc(N(CC(=O)N/N=C\c2ccc(OCc3cccc(Cl)c3)cc2)S(C)(=O)=O)c1. The van der Waals surface area contributed by atoms with Gasteiger partial charge in [0.2, 0.25) is 10.0 Å². The van der Waals surface area contributed by atoms with Gasteiger partial charge in [-0.1, -0.05) is 29.8 Å². The number of methoxy groups -OCH3 is 1. The fourth-order valence-corrected chi connectivity index (χ4v) is 4.01. The minimum Gasteiger partial charge on any atom is -0.497 e. The van der Waals surface area contributed by atoms with Crippen molar-refractivity contribution in [2.45, 2.75) is 6.61 Å². The summed E-state index contributed by atoms with van der Waals surface area (Å²) in [5.41, 5.74) is 4.34. The van der Waals surface area contributed by atoms with Gasteiger partial charge in [-0.15, -0.1) is 0 Å². The first-order valence-corrected chi connectivity index (χ1v) is 12.4. The van der Waals surface area contributed by atoms with Crippen LogP contribution in [-0.4, -0.2) is 40.4 Å². The lowest BCUT2D eigenvalue weighted by Crippen LogP contribution is -2.39. The molecule has 0 aliphatic heterocycles. The number of amides is 1. The Bertz CT molecular complexity index is 1260. The predicted molar refractivity (Wildman–Crippen MR) is 133 cm³/mol. The van der Waals surface area contributed by atoms with E-state index in [4.69, 9.17) is 21.1 Å². The van der Waals surface area contributed by atoms with Crippen molar-refractivity contribution >= 4 is 39.4 Å². The number of rotatable bonds is 10. The first kappa shape index (κ1) is 25.1. The fourth-order valence-electron chi connectivity index (χ4n) is 2.95. The molecule has 1 N–H and O–H groups in total. The summed E-state index contributed by atoms with van der Waals surface area (Å²) in [4.78, 5) is 12.3. The van der Waals surface area contributed by atoms with Gasteiger partial charge in [0.05, 0.1) is 25.3 Å². The highest BCUT2D eigenvalue weighted by atomic mass is 35.5. The molecule has 0 saturated carbocycles. The van der Waals surface area contributed by atoms with Gasteiger partial charge in [-0.25, -0.2) is 13.8 Å². The number of carbonyl (C=O) groups excluding carboxylic acids is 1. The molecule has 0 spiro atoms. The van der Waals surface area contributed by atoms with Crippen LogP contribution in [0.2, 0.25) is 5.02 Å². The molecule has 0 heterocycles. The number of hydrazone groups is 1. The van der Waals surface area contributed by atoms with Crippen LogP contribution in [0.25, 0.3) is 0 Å². The summed E-state index contributed by atoms with van der Waals surface area (Å²) < 4.78 is 36.2. The number of nitrogens with one attached hydrogen (secondary N) is 1. The third-order valence-corrected chi connectivity index (χ3v) is 5.98. The zero-order valence-corrected chi connectivity index (χ0v) is 20.2. The number of hydrogen-bond donors (Lipinski definition) is 1. The van der Waals surface area contributed by atoms with Crippen molar-refractivity contribution in [3.05, 3.63) is 88.9 Å². The zero-order valence-electron chi connectivity index (χ0n) is 18.6. The molecule has 3 rings (SSSR count). The normalized spacial score (nSPS) is 11.3. The fraction of sp³-hybridized carbons (Fsp3) is 0.167. The van der Waals surface area contributed by atoms with Crippen LogP contribution < -0.4 is 19.2 Å². The summed E-state index contributed by atoms with van der Waals surface area (Å²) in [7, 11) is -2.23. The molecular formula is C24H24ClN3O5S. The van der Waals surface area contributed by atoms with Crippen LogP contribution in [0, 0.1) is 0 Å². The Hall–Kier alpha value is -3.56. The van der Waals surface area contributed by atoms with Gasteiger partial charge in [0.1, 0.15) is 24.7 Å². The molecule has 0 aromatic heterocycles. The van der Waals surface area contributed by atoms with Crippen molar-refractivity contribution in [1.29, 1.82) is 0 Å². The van der Waals surface area contributed by atoms with Crippen LogP contribution >= 0.6 is 11.6 Å². The van der Waals surface area contributed by atoms with Gasteiger partial charge in [-0.3, -0.25) is 9.10 Å². The molecule has 0 fully saturated rings. The lowest BCUT2D eigenvalue weighted by atomic mass is 10.2. The van der Waals surface area contributed by atoms with Gasteiger partial charge in [-0.05, 0) is 59.7 Å². The third kappa shape index (κ3) is 7.50. The van der Waals surface area contributed by atoms with Crippen molar-refractivity contribution in [2.24, 2.45) is 5.10 Å². The van der Waals surface area contributed by atoms with E-state index in [1.807, 2.05) is 18.2 Å². The lowest BCUT2D eigenvalue weighted by Gasteiger charge is -2.21. The minimum absolute atomic E-state index is 0.314. The van der Waals surface area contributed by atoms with Crippen molar-refractivity contribution < 1.29 is 22.7 Å². The van der Waals surface area contributed by atoms with E-state index in [9.17, 15) is 13.2 Å². The highest BCUT2D eigenvalue weighted by molar-refractivity contribution is 7.92. The average Bonchev–Trinajstić information content (AvgIpc) is 2.81. The summed E-state index contributed by atoms with van der Waals surface area (Å²) in [5, 5.41) is 4.56. The Labute approximate surface area is 203 Å². The molecule has 0 saturated heterocycles. The summed E-state index contributed by atoms with van der Waals surface area (Å²) >= 11 is 5.97. The van der Waals surface area contributed by atoms with Gasteiger partial charge in [0.25, 0.3) is 5.91 Å². The van der Waals surface area contributed by atoms with Crippen molar-refractivity contribution in [3.63, 3.8) is 0 Å². The Morgan fingerprint density at radius 3 is 2.47 bits per heavy atom. The Morgan fingerprint density at radius 2 is 1.79 bits per heavy atom. The molecular weight excluding hydrogens is 478 g/mol. The van der Waals surface area contributed by atoms with Crippen LogP contribution in [0.3, 0.4) is 0 Å². The molecule has 1 amide bonds. The number of hydrogen-bond acceptors (Lipinski definition) is 6. The molecule has 0 atom stereocenters. The number of benzene rings is 3. The third-order valence-electron chi connectivity index (χ3n) is 4.61. The smallest absolute Gasteiger partial charge is 0.260 e. The lowest BCUT2D eigenvalue weighted by molar-refractivity contribution is -0.119. The predicted octanol–water partition coefficient (Wildman–Crippen LogP) is 3.84. The van der Waals surface area contributed by atoms with E-state index in [0.717, 1.165) is 21.7 Å². The van der Waals surface area contributed by atoms with E-state index in [1.54, 1.807) is 48.5 Å². The summed E-state index contributed by atoms with van der Waals surface area (Å²) in [6.45, 7) is -0.0478. The number of sulfonamides is 1. The number of anilines is 1. The average molecular weight is 502 g/mol. The van der Waals surface area contributed by atoms with Gasteiger partial charge in [-0.2, -0.15) is 5.10 Å². The van der Waals surface area contributed by atoms with Gasteiger partial charge >= 0.3 is 0 Å². The topological polar surface area (TPSA) is 97.3 Å². The van der Waals surface area contributed by atoms with E-state index in [1.165, 1.54) is 19.4 Å². The number of nitrogens with zero attached hydrogens (tertiary/aromatic N) is 2. The van der Waals surface area contributed by atoms with Crippen molar-refractivity contribution in [1.82, 2.24) is 5.43 Å². The molecule has 178 valence electrons. The number of carbonyl (C=O) groups is 1. The molecule has 3 aromatic rings. The molecule has 34 heavy (non-hydrogen) atoms. The van der Waals surface area contributed by atoms with E-state index in [-0.39, 0.29) is 0 Å². The minimum atomic E-state index is -3.70. The monoisotopic (exact) mass is 501 g/mol. The number of ether oxygens (including phenoxy) is 2. The second-order valence-electron chi connectivity index (χ2n) is 7.25. The maximum absolute atomic E-state index is 12.3. The zero-order chi connectivity index (χ0) is 24.6. The molecule has 3 aromatic carbocycles. The molecule has 0 bridgehead atoms. The van der Waals surface area contributed by atoms with E-state index >= 15 is 0 Å². The molecule has 0 radical (unpaired) electrons. The Morgan fingerprint density at radius 1 is 1.06 bits per heavy atom. The van der Waals surface area contributed by atoms with Crippen LogP contribution in [0.5, 0.6) is 11.5 Å². The molecule has 0 aliphatic carbocycles. The second kappa shape index (κ2) is 11.5. The van der Waals surface area contributed by atoms with Crippen molar-refractivity contribution in [3.8, 4) is 11.5 Å². The van der Waals surface area contributed by atoms with Gasteiger partial charge in [0, 0.05) is 11.1 Å². The first-order valence-electron chi connectivity index (χ1n) is 10.2. The van der Waals surface area contributed by atoms with Gasteiger partial charge < -0.3 is 9.47 Å². The second-order valence-corrected chi connectivity index (χ2v) is 9.60. The largest absolute Gasteiger partial charge is 0.497 e. The maximum atomic E-state index is 12.3. The van der Waals surface area contributed by atoms with E-state index in [2.05, 4.69) is 10.5 Å². The summed E-state index contributed by atoms with van der Waals surface area (Å²) in [6.07, 6.45) is 2.48. The molecule has 8 nitrogen and oxygen atoms in total. The maximum Gasteiger partial charge on any atom is 0.260 e. The highest BCUT2D eigenvalue weighted by Crippen LogP contribution is 2.23. The van der Waals surface area contributed by atoms with E-state index < -0.39 is 22.5 Å². The molecule has 0 aliphatic rings. The standard InChI is InChI=1S/C24H24ClN3O5S/c1-32-23-8-4-7-21(14-23)28(34(2,30)31)16-24(29)27-26-15-18-9-11-22(12-10-18)33-17-19-5-3-6-20(25)13-19/h3-15H,16-17H2,1-2H3,(H,27,29)/b26-15-. The van der Waals surface area contributed by atoms with Crippen LogP contribution in [0.4, 0.5) is 5.69 Å². The Kier molecular flexibility index (Phi) is 8.50. The summed E-state index contributed by atoms with van der Waals surface area (Å²) in [6, 6.07) is 21.0. The first-order chi connectivity index (χ1) is 16.2. The molecule has 10 heteroatoms. The summed E-state index contributed by atoms with van der Waals surface area (Å²) in [5.74, 6) is 0.554. The van der Waals surface area contributed by atoms with Gasteiger partial charge in [0.15, 0.2) is 0 Å². The van der Waals surface area contributed by atoms with Crippen molar-refractivity contribution in [2.75, 3.05) is 24.2 Å².